The first-order valence-corrected chi connectivity index (χ1v) is 14.5. The van der Waals surface area contributed by atoms with Crippen LogP contribution in [0.25, 0.3) is 0 Å². The van der Waals surface area contributed by atoms with Crippen LogP contribution in [-0.4, -0.2) is 40.4 Å². The van der Waals surface area contributed by atoms with Crippen LogP contribution < -0.4 is 0 Å². The monoisotopic (exact) mass is 551 g/mol. The number of nitro benzene ring substituents is 1. The van der Waals surface area contributed by atoms with Gasteiger partial charge in [-0.1, -0.05) is 0 Å². The van der Waals surface area contributed by atoms with E-state index in [9.17, 15) is 14.7 Å². The van der Waals surface area contributed by atoms with Crippen LogP contribution >= 0.6 is 44.9 Å². The van der Waals surface area contributed by atoms with Crippen molar-refractivity contribution in [2.75, 3.05) is 26.2 Å². The summed E-state index contributed by atoms with van der Waals surface area (Å²) in [6, 6.07) is 6.18. The number of rotatable bonds is 6. The average Bonchev–Trinajstić information content (AvgIpc) is 3.41. The molecule has 0 aromatic heterocycles. The van der Waals surface area contributed by atoms with E-state index in [1.54, 1.807) is 12.1 Å². The minimum atomic E-state index is -2.86. The quantitative estimate of drug-likeness (QED) is 0.174. The fourth-order valence-corrected chi connectivity index (χ4v) is 4.39. The van der Waals surface area contributed by atoms with Gasteiger partial charge in [0, 0.05) is 75.5 Å². The van der Waals surface area contributed by atoms with Gasteiger partial charge in [-0.3, -0.25) is 19.2 Å². The third-order valence-corrected chi connectivity index (χ3v) is 6.25. The Kier molecular flexibility index (Phi) is 6.60. The molecule has 0 amide bonds. The SMILES string of the molecule is CC(OP(=O)(N1CC1)N1CC1)c1ccc([N+](=O)[O-])cc1.II. The zero-order valence-electron chi connectivity index (χ0n) is 11.9. The highest BCUT2D eigenvalue weighted by molar-refractivity contribution is 15.0. The summed E-state index contributed by atoms with van der Waals surface area (Å²) in [6.07, 6.45) is -0.358. The molecule has 0 aliphatic carbocycles. The molecule has 0 bridgehead atoms. The molecular weight excluding hydrogens is 535 g/mol. The van der Waals surface area contributed by atoms with E-state index in [1.807, 2.05) is 16.3 Å². The van der Waals surface area contributed by atoms with Gasteiger partial charge in [0.1, 0.15) is 0 Å². The summed E-state index contributed by atoms with van der Waals surface area (Å²) < 4.78 is 22.3. The highest BCUT2D eigenvalue weighted by Crippen LogP contribution is 2.63. The Morgan fingerprint density at radius 1 is 1.18 bits per heavy atom. The van der Waals surface area contributed by atoms with E-state index < -0.39 is 12.6 Å². The summed E-state index contributed by atoms with van der Waals surface area (Å²) >= 11 is 4.24. The van der Waals surface area contributed by atoms with E-state index in [4.69, 9.17) is 4.52 Å². The molecule has 2 fully saturated rings. The number of non-ortho nitro benzene ring substituents is 1. The molecule has 0 N–H and O–H groups in total. The van der Waals surface area contributed by atoms with Gasteiger partial charge in [-0.05, 0) is 24.6 Å². The van der Waals surface area contributed by atoms with E-state index in [2.05, 4.69) is 37.2 Å². The van der Waals surface area contributed by atoms with Gasteiger partial charge in [-0.25, -0.2) is 9.34 Å². The maximum Gasteiger partial charge on any atom is 0.346 e. The summed E-state index contributed by atoms with van der Waals surface area (Å²) in [4.78, 5) is 10.2. The second-order valence-corrected chi connectivity index (χ2v) is 7.32. The lowest BCUT2D eigenvalue weighted by Crippen LogP contribution is -2.10. The molecule has 0 spiro atoms. The van der Waals surface area contributed by atoms with E-state index in [0.717, 1.165) is 31.7 Å². The van der Waals surface area contributed by atoms with Gasteiger partial charge >= 0.3 is 7.67 Å². The Morgan fingerprint density at radius 3 is 2.00 bits per heavy atom. The Hall–Kier alpha value is 0.190. The average molecular weight is 551 g/mol. The van der Waals surface area contributed by atoms with Crippen molar-refractivity contribution in [2.24, 2.45) is 0 Å². The van der Waals surface area contributed by atoms with Gasteiger partial charge in [0.2, 0.25) is 0 Å². The fourth-order valence-electron chi connectivity index (χ4n) is 2.04. The first-order chi connectivity index (χ1) is 10.5. The lowest BCUT2D eigenvalue weighted by atomic mass is 10.1. The molecule has 122 valence electrons. The van der Waals surface area contributed by atoms with Crippen molar-refractivity contribution in [3.8, 4) is 0 Å². The molecule has 22 heavy (non-hydrogen) atoms. The van der Waals surface area contributed by atoms with Crippen molar-refractivity contribution in [2.45, 2.75) is 13.0 Å². The van der Waals surface area contributed by atoms with Crippen molar-refractivity contribution in [1.29, 1.82) is 0 Å². The van der Waals surface area contributed by atoms with E-state index in [0.29, 0.717) is 0 Å². The minimum absolute atomic E-state index is 0.0426. The number of halogens is 2. The number of nitrogens with zero attached hydrogens (tertiary/aromatic N) is 3. The Balaban J connectivity index is 0.000000847. The molecule has 1 unspecified atom stereocenters. The summed E-state index contributed by atoms with van der Waals surface area (Å²) in [5.74, 6) is 0. The maximum atomic E-state index is 12.8. The van der Waals surface area contributed by atoms with Crippen LogP contribution in [0.1, 0.15) is 18.6 Å². The van der Waals surface area contributed by atoms with Crippen molar-refractivity contribution >= 4 is 50.6 Å². The normalized spacial score (nSPS) is 19.0. The summed E-state index contributed by atoms with van der Waals surface area (Å²) in [5.41, 5.74) is 0.834. The Morgan fingerprint density at radius 2 is 1.64 bits per heavy atom. The van der Waals surface area contributed by atoms with E-state index in [-0.39, 0.29) is 11.8 Å². The molecule has 3 rings (SSSR count). The largest absolute Gasteiger partial charge is 0.346 e. The number of hydrogen-bond acceptors (Lipinski definition) is 4. The topological polar surface area (TPSA) is 75.5 Å². The molecule has 2 aliphatic heterocycles. The second kappa shape index (κ2) is 7.84. The molecule has 1 aromatic carbocycles. The Bertz CT molecular complexity index is 562. The molecule has 7 nitrogen and oxygen atoms in total. The third-order valence-electron chi connectivity index (χ3n) is 3.43. The molecular formula is C12H16I2N3O4P. The van der Waals surface area contributed by atoms with Crippen LogP contribution in [-0.2, 0) is 9.09 Å². The van der Waals surface area contributed by atoms with Gasteiger partial charge in [-0.15, -0.1) is 0 Å². The van der Waals surface area contributed by atoms with E-state index >= 15 is 0 Å². The molecule has 1 aromatic rings. The molecule has 0 radical (unpaired) electrons. The number of hydrogen-bond donors (Lipinski definition) is 0. The van der Waals surface area contributed by atoms with Crippen LogP contribution in [0, 0.1) is 10.1 Å². The summed E-state index contributed by atoms with van der Waals surface area (Å²) in [7, 11) is -2.86. The van der Waals surface area contributed by atoms with Crippen LogP contribution in [0.3, 0.4) is 0 Å². The first-order valence-electron chi connectivity index (χ1n) is 6.68. The van der Waals surface area contributed by atoms with E-state index in [1.165, 1.54) is 12.1 Å². The third kappa shape index (κ3) is 4.38. The maximum absolute atomic E-state index is 12.8. The van der Waals surface area contributed by atoms with Gasteiger partial charge in [0.15, 0.2) is 0 Å². The van der Waals surface area contributed by atoms with Gasteiger partial charge < -0.3 is 0 Å². The van der Waals surface area contributed by atoms with Gasteiger partial charge in [-0.2, -0.15) is 0 Å². The standard InChI is InChI=1S/C12H16N3O4P.I2/c1-10(11-2-4-12(5-3-11)15(16)17)19-20(18,13-6-7-13)14-8-9-14;1-2/h2-5,10H,6-9H2,1H3;. The predicted molar refractivity (Wildman–Crippen MR) is 101 cm³/mol. The van der Waals surface area contributed by atoms with Crippen LogP contribution in [0.4, 0.5) is 5.69 Å². The summed E-state index contributed by atoms with van der Waals surface area (Å²) in [5, 5.41) is 10.6. The lowest BCUT2D eigenvalue weighted by molar-refractivity contribution is -0.384. The Labute approximate surface area is 152 Å². The molecule has 10 heteroatoms. The van der Waals surface area contributed by atoms with Crippen LogP contribution in [0.5, 0.6) is 0 Å². The van der Waals surface area contributed by atoms with Crippen molar-refractivity contribution in [3.05, 3.63) is 39.9 Å². The van der Waals surface area contributed by atoms with Crippen molar-refractivity contribution < 1.29 is 14.0 Å². The molecule has 1 atom stereocenters. The highest BCUT2D eigenvalue weighted by atomic mass is 128. The van der Waals surface area contributed by atoms with Crippen molar-refractivity contribution in [3.63, 3.8) is 0 Å². The second-order valence-electron chi connectivity index (χ2n) is 4.99. The molecule has 0 saturated carbocycles. The molecule has 2 heterocycles. The predicted octanol–water partition coefficient (Wildman–Crippen LogP) is 4.18. The van der Waals surface area contributed by atoms with Crippen molar-refractivity contribution in [1.82, 2.24) is 9.34 Å². The number of nitro groups is 1. The smallest absolute Gasteiger partial charge is 0.298 e. The van der Waals surface area contributed by atoms with Crippen LogP contribution in [0.15, 0.2) is 24.3 Å². The summed E-state index contributed by atoms with van der Waals surface area (Å²) in [6.45, 7) is 5.05. The van der Waals surface area contributed by atoms with Gasteiger partial charge in [0.05, 0.1) is 11.0 Å². The highest BCUT2D eigenvalue weighted by Gasteiger charge is 2.50. The minimum Gasteiger partial charge on any atom is -0.298 e. The fraction of sp³-hybridized carbons (Fsp3) is 0.500. The molecule has 2 aliphatic rings. The molecule has 2 saturated heterocycles. The lowest BCUT2D eigenvalue weighted by Gasteiger charge is -2.24. The van der Waals surface area contributed by atoms with Crippen LogP contribution in [0.2, 0.25) is 0 Å². The zero-order valence-corrected chi connectivity index (χ0v) is 17.1. The first kappa shape index (κ1) is 18.5. The number of benzene rings is 1. The van der Waals surface area contributed by atoms with Gasteiger partial charge in [0.25, 0.3) is 5.69 Å². The zero-order chi connectivity index (χ0) is 16.3.